The predicted octanol–water partition coefficient (Wildman–Crippen LogP) is 4.77. The highest BCUT2D eigenvalue weighted by molar-refractivity contribution is 7.09. The van der Waals surface area contributed by atoms with Crippen molar-refractivity contribution in [2.45, 2.75) is 137 Å². The Morgan fingerprint density at radius 3 is 2.29 bits per heavy atom. The number of esters is 2. The number of nitrogens with one attached hydrogen (secondary N) is 4. The number of aromatic hydroxyl groups is 1. The third-order valence-corrected chi connectivity index (χ3v) is 12.2. The fraction of sp³-hybridized carbons (Fsp3) is 0.636. The van der Waals surface area contributed by atoms with Crippen molar-refractivity contribution >= 4 is 53.0 Å². The van der Waals surface area contributed by atoms with Crippen LogP contribution in [0.1, 0.15) is 127 Å². The van der Waals surface area contributed by atoms with E-state index in [0.717, 1.165) is 43.4 Å². The third-order valence-electron chi connectivity index (χ3n) is 11.2. The van der Waals surface area contributed by atoms with E-state index in [1.54, 1.807) is 19.1 Å². The fourth-order valence-corrected chi connectivity index (χ4v) is 8.21. The molecule has 19 heteroatoms. The van der Waals surface area contributed by atoms with E-state index in [-0.39, 0.29) is 65.9 Å². The average molecular weight is 902 g/mol. The number of ether oxygens (including phenoxy) is 3. The van der Waals surface area contributed by atoms with Crippen molar-refractivity contribution in [3.8, 4) is 5.75 Å². The van der Waals surface area contributed by atoms with Gasteiger partial charge < -0.3 is 34.9 Å². The Hall–Kier alpha value is -5.30. The van der Waals surface area contributed by atoms with Crippen LogP contribution in [0.4, 0.5) is 4.79 Å². The number of phenolic OH excluding ortho intramolecular Hbond substituents is 1. The first-order valence-electron chi connectivity index (χ1n) is 21.7. The molecule has 1 aliphatic rings. The number of likely N-dealkylation sites (N-methyl/N-ethyl adjacent to an activating group) is 1. The summed E-state index contributed by atoms with van der Waals surface area (Å²) in [5.41, 5.74) is 5.21. The highest BCUT2D eigenvalue weighted by Crippen LogP contribution is 2.32. The van der Waals surface area contributed by atoms with Gasteiger partial charge in [-0.1, -0.05) is 66.5 Å². The Morgan fingerprint density at radius 1 is 0.984 bits per heavy atom. The molecule has 18 nitrogen and oxygen atoms in total. The van der Waals surface area contributed by atoms with Crippen LogP contribution in [-0.2, 0) is 44.6 Å². The number of rotatable bonds is 22. The van der Waals surface area contributed by atoms with E-state index in [1.807, 2.05) is 46.6 Å². The maximum atomic E-state index is 14.8. The molecule has 5 N–H and O–H groups in total. The lowest BCUT2D eigenvalue weighted by molar-refractivity contribution is -0.160. The smallest absolute Gasteiger partial charge is 0.425 e. The summed E-state index contributed by atoms with van der Waals surface area (Å²) in [6, 6.07) is 3.76. The van der Waals surface area contributed by atoms with Crippen molar-refractivity contribution in [1.82, 2.24) is 36.3 Å². The predicted molar refractivity (Wildman–Crippen MR) is 235 cm³/mol. The summed E-state index contributed by atoms with van der Waals surface area (Å²) in [6.07, 6.45) is 2.35. The lowest BCUT2D eigenvalue weighted by atomic mass is 9.92. The van der Waals surface area contributed by atoms with E-state index in [4.69, 9.17) is 9.47 Å². The summed E-state index contributed by atoms with van der Waals surface area (Å²) in [5.74, 6) is -4.08. The average Bonchev–Trinajstić information content (AvgIpc) is 3.75. The summed E-state index contributed by atoms with van der Waals surface area (Å²) >= 11 is 1.09. The number of methoxy groups -OCH3 is 1. The van der Waals surface area contributed by atoms with Crippen molar-refractivity contribution in [3.63, 3.8) is 0 Å². The summed E-state index contributed by atoms with van der Waals surface area (Å²) in [5, 5.41) is 17.6. The normalized spacial score (nSPS) is 16.9. The minimum Gasteiger partial charge on any atom is -0.508 e. The zero-order chi connectivity index (χ0) is 46.8. The molecule has 1 aromatic heterocycles. The van der Waals surface area contributed by atoms with E-state index in [9.17, 15) is 38.7 Å². The second kappa shape index (κ2) is 25.7. The van der Waals surface area contributed by atoms with E-state index in [2.05, 4.69) is 31.2 Å². The largest absolute Gasteiger partial charge is 0.508 e. The molecule has 0 saturated carbocycles. The minimum atomic E-state index is -1.03. The molecule has 2 aromatic rings. The Kier molecular flexibility index (Phi) is 21.2. The summed E-state index contributed by atoms with van der Waals surface area (Å²) in [4.78, 5) is 100. The number of aromatic nitrogens is 1. The highest BCUT2D eigenvalue weighted by Gasteiger charge is 2.39. The molecule has 2 heterocycles. The summed E-state index contributed by atoms with van der Waals surface area (Å²) < 4.78 is 16.0. The number of thiazole rings is 1. The molecule has 3 rings (SSSR count). The summed E-state index contributed by atoms with van der Waals surface area (Å²) in [6.45, 7) is 12.7. The number of nitrogens with zero attached hydrogens (tertiary/aromatic N) is 3. The number of phenols is 1. The fourth-order valence-electron chi connectivity index (χ4n) is 7.37. The highest BCUT2D eigenvalue weighted by atomic mass is 32.1. The van der Waals surface area contributed by atoms with Crippen molar-refractivity contribution < 1.29 is 52.9 Å². The van der Waals surface area contributed by atoms with Gasteiger partial charge in [-0.25, -0.2) is 15.2 Å². The number of carbonyl (C=O) groups excluding carboxylic acids is 7. The number of hydrazine groups is 1. The Balaban J connectivity index is 1.94. The van der Waals surface area contributed by atoms with Crippen LogP contribution in [0.15, 0.2) is 29.6 Å². The number of carbonyl (C=O) groups is 7. The van der Waals surface area contributed by atoms with Crippen LogP contribution in [0.5, 0.6) is 5.75 Å². The van der Waals surface area contributed by atoms with Crippen LogP contribution >= 0.6 is 11.3 Å². The molecule has 5 amide bonds. The minimum absolute atomic E-state index is 0.0158. The molecule has 7 atom stereocenters. The quantitative estimate of drug-likeness (QED) is 0.0465. The second-order valence-electron chi connectivity index (χ2n) is 16.6. The van der Waals surface area contributed by atoms with Gasteiger partial charge in [0.2, 0.25) is 17.7 Å². The van der Waals surface area contributed by atoms with Gasteiger partial charge in [0.25, 0.3) is 5.91 Å². The van der Waals surface area contributed by atoms with Crippen LogP contribution < -0.4 is 21.5 Å². The third kappa shape index (κ3) is 16.4. The van der Waals surface area contributed by atoms with E-state index >= 15 is 0 Å². The zero-order valence-corrected chi connectivity index (χ0v) is 38.9. The van der Waals surface area contributed by atoms with Crippen LogP contribution in [-0.4, -0.2) is 113 Å². The SMILES string of the molecule is CCCC(=O)OCN(C(=O)[C@@H](NC(=O)[C@H]1CCCCN1C)C(C)CC)[C@H](C[C@@H](OC(C)=O)c1nc(C(=O)N[C@@H](Cc2ccc(O)cc2)C[C@H](C)C(=O)NNC(=O)OC)cs1)C(C)C. The molecule has 0 bridgehead atoms. The van der Waals surface area contributed by atoms with Gasteiger partial charge in [0.1, 0.15) is 22.5 Å². The van der Waals surface area contributed by atoms with E-state index < -0.39 is 72.6 Å². The number of likely N-dealkylation sites (tertiary alicyclic amines) is 1. The number of hydrogen-bond acceptors (Lipinski definition) is 14. The molecule has 1 fully saturated rings. The van der Waals surface area contributed by atoms with Crippen LogP contribution in [0.25, 0.3) is 0 Å². The van der Waals surface area contributed by atoms with Gasteiger partial charge in [0.05, 0.1) is 13.2 Å². The first kappa shape index (κ1) is 52.0. The Bertz CT molecular complexity index is 1840. The van der Waals surface area contributed by atoms with Gasteiger partial charge in [0.15, 0.2) is 12.8 Å². The molecule has 1 saturated heterocycles. The molecule has 63 heavy (non-hydrogen) atoms. The number of amides is 5. The first-order valence-corrected chi connectivity index (χ1v) is 22.6. The molecule has 1 aliphatic heterocycles. The van der Waals surface area contributed by atoms with Gasteiger partial charge in [-0.05, 0) is 75.2 Å². The van der Waals surface area contributed by atoms with Crippen molar-refractivity contribution in [3.05, 3.63) is 45.9 Å². The topological polar surface area (TPSA) is 235 Å². The molecule has 0 radical (unpaired) electrons. The van der Waals surface area contributed by atoms with Gasteiger partial charge in [-0.15, -0.1) is 11.3 Å². The lowest BCUT2D eigenvalue weighted by Crippen LogP contribution is -2.59. The van der Waals surface area contributed by atoms with Gasteiger partial charge in [-0.3, -0.25) is 39.1 Å². The second-order valence-corrected chi connectivity index (χ2v) is 17.5. The standard InChI is InChI=1S/C44H67N7O11S/c1-10-14-37(54)61-25-51(43(58)38(27(5)11-2)47-41(57)34-15-12-13-20-50(34)8)35(26(3)4)23-36(62-29(7)52)42-46-33(24-63-42)40(56)45-31(22-30-16-18-32(53)19-17-30)21-28(6)39(55)48-49-44(59)60-9/h16-19,24,26-28,31,34-36,38,53H,10-15,20-23,25H2,1-9H3,(H,45,56)(H,47,57)(H,48,55)(H,49,59)/t27?,28-,31+,34+,35+,36+,38-/m0/s1. The van der Waals surface area contributed by atoms with Crippen LogP contribution in [0.2, 0.25) is 0 Å². The van der Waals surface area contributed by atoms with Crippen molar-refractivity contribution in [2.75, 3.05) is 27.4 Å². The Labute approximate surface area is 374 Å². The molecule has 1 aromatic carbocycles. The first-order chi connectivity index (χ1) is 29.9. The number of hydrogen-bond donors (Lipinski definition) is 5. The molecule has 1 unspecified atom stereocenters. The van der Waals surface area contributed by atoms with E-state index in [0.29, 0.717) is 19.3 Å². The maximum Gasteiger partial charge on any atom is 0.425 e. The maximum absolute atomic E-state index is 14.8. The van der Waals surface area contributed by atoms with Gasteiger partial charge >= 0.3 is 18.0 Å². The van der Waals surface area contributed by atoms with Crippen LogP contribution in [0, 0.1) is 17.8 Å². The van der Waals surface area contributed by atoms with Crippen LogP contribution in [0.3, 0.4) is 0 Å². The summed E-state index contributed by atoms with van der Waals surface area (Å²) in [7, 11) is 3.05. The Morgan fingerprint density at radius 2 is 1.68 bits per heavy atom. The monoisotopic (exact) mass is 901 g/mol. The molecule has 0 spiro atoms. The zero-order valence-electron chi connectivity index (χ0n) is 38.1. The van der Waals surface area contributed by atoms with Gasteiger partial charge in [-0.2, -0.15) is 0 Å². The molecule has 0 aliphatic carbocycles. The lowest BCUT2D eigenvalue weighted by Gasteiger charge is -2.39. The molecular formula is C44H67N7O11S. The number of benzene rings is 1. The number of piperidine rings is 1. The van der Waals surface area contributed by atoms with Gasteiger partial charge in [0, 0.05) is 43.1 Å². The van der Waals surface area contributed by atoms with Crippen molar-refractivity contribution in [1.29, 1.82) is 0 Å². The van der Waals surface area contributed by atoms with E-state index in [1.165, 1.54) is 29.3 Å². The molecule has 350 valence electrons. The van der Waals surface area contributed by atoms with Crippen molar-refractivity contribution in [2.24, 2.45) is 17.8 Å². The molecular weight excluding hydrogens is 835 g/mol.